The molecule has 60 valence electrons. The highest BCUT2D eigenvalue weighted by atomic mass is 16.6. The van der Waals surface area contributed by atoms with E-state index in [1.807, 2.05) is 0 Å². The number of hydrogen-bond acceptors (Lipinski definition) is 4. The Bertz CT molecular complexity index is 112. The number of aliphatic hydroxyl groups is 3. The average molecular weight is 148 g/mol. The zero-order valence-corrected chi connectivity index (χ0v) is 5.77. The van der Waals surface area contributed by atoms with E-state index in [9.17, 15) is 0 Å². The first kappa shape index (κ1) is 7.94. The van der Waals surface area contributed by atoms with Gasteiger partial charge in [-0.15, -0.1) is 0 Å². The van der Waals surface area contributed by atoms with Crippen LogP contribution in [0.25, 0.3) is 0 Å². The van der Waals surface area contributed by atoms with Gasteiger partial charge in [0, 0.05) is 0 Å². The average Bonchev–Trinajstić information content (AvgIpc) is 2.63. The predicted octanol–water partition coefficient (Wildman–Crippen LogP) is -1.51. The number of ether oxygens (including phenoxy) is 1. The third-order valence-electron chi connectivity index (χ3n) is 1.68. The molecule has 4 nitrogen and oxygen atoms in total. The second-order valence-electron chi connectivity index (χ2n) is 2.55. The molecule has 0 bridgehead atoms. The van der Waals surface area contributed by atoms with Gasteiger partial charge in [-0.1, -0.05) is 0 Å². The molecule has 0 aromatic carbocycles. The molecule has 1 heterocycles. The minimum atomic E-state index is -1.07. The first-order valence-corrected chi connectivity index (χ1v) is 3.29. The van der Waals surface area contributed by atoms with Crippen LogP contribution >= 0.6 is 0 Å². The van der Waals surface area contributed by atoms with Gasteiger partial charge in [0.2, 0.25) is 0 Å². The lowest BCUT2D eigenvalue weighted by molar-refractivity contribution is -0.0263. The maximum Gasteiger partial charge on any atom is 0.112 e. The van der Waals surface area contributed by atoms with Crippen LogP contribution in [0.4, 0.5) is 0 Å². The van der Waals surface area contributed by atoms with Crippen molar-refractivity contribution >= 4 is 0 Å². The van der Waals surface area contributed by atoms with Gasteiger partial charge in [0.15, 0.2) is 0 Å². The van der Waals surface area contributed by atoms with Crippen molar-refractivity contribution in [1.29, 1.82) is 0 Å². The topological polar surface area (TPSA) is 73.2 Å². The molecule has 1 rings (SSSR count). The first-order chi connectivity index (χ1) is 4.66. The minimum Gasteiger partial charge on any atom is -0.394 e. The van der Waals surface area contributed by atoms with Crippen molar-refractivity contribution in [3.05, 3.63) is 0 Å². The van der Waals surface area contributed by atoms with Crippen molar-refractivity contribution in [2.45, 2.75) is 31.3 Å². The summed E-state index contributed by atoms with van der Waals surface area (Å²) >= 11 is 0. The minimum absolute atomic E-state index is 0.0104. The number of epoxide rings is 1. The summed E-state index contributed by atoms with van der Waals surface area (Å²) in [7, 11) is 0. The van der Waals surface area contributed by atoms with E-state index < -0.39 is 18.8 Å². The molecule has 0 spiro atoms. The third-order valence-corrected chi connectivity index (χ3v) is 1.68. The molecule has 0 radical (unpaired) electrons. The van der Waals surface area contributed by atoms with Gasteiger partial charge in [0.1, 0.15) is 18.3 Å². The molecular formula is C6H12O4. The van der Waals surface area contributed by atoms with Gasteiger partial charge in [0.25, 0.3) is 0 Å². The van der Waals surface area contributed by atoms with Crippen molar-refractivity contribution in [3.8, 4) is 0 Å². The lowest BCUT2D eigenvalue weighted by Gasteiger charge is -2.11. The molecule has 1 fully saturated rings. The fraction of sp³-hybridized carbons (Fsp3) is 1.00. The van der Waals surface area contributed by atoms with Crippen LogP contribution in [0.15, 0.2) is 0 Å². The molecule has 4 heteroatoms. The Morgan fingerprint density at radius 1 is 1.50 bits per heavy atom. The highest BCUT2D eigenvalue weighted by molar-refractivity contribution is 4.90. The Morgan fingerprint density at radius 2 is 2.00 bits per heavy atom. The van der Waals surface area contributed by atoms with Crippen LogP contribution in [-0.4, -0.2) is 46.3 Å². The summed E-state index contributed by atoms with van der Waals surface area (Å²) in [5, 5.41) is 26.4. The van der Waals surface area contributed by atoms with Crippen LogP contribution in [0.2, 0.25) is 0 Å². The van der Waals surface area contributed by atoms with Gasteiger partial charge in [-0.05, 0) is 6.92 Å². The molecule has 0 aromatic heterocycles. The van der Waals surface area contributed by atoms with Crippen LogP contribution in [-0.2, 0) is 4.74 Å². The number of rotatable bonds is 3. The second-order valence-corrected chi connectivity index (χ2v) is 2.55. The van der Waals surface area contributed by atoms with E-state index in [1.165, 1.54) is 0 Å². The maximum atomic E-state index is 9.09. The summed E-state index contributed by atoms with van der Waals surface area (Å²) in [5.41, 5.74) is 0. The summed E-state index contributed by atoms with van der Waals surface area (Å²) in [6.45, 7) is 1.38. The molecule has 10 heavy (non-hydrogen) atoms. The Morgan fingerprint density at radius 3 is 2.30 bits per heavy atom. The summed E-state index contributed by atoms with van der Waals surface area (Å²) in [6.07, 6.45) is -2.30. The van der Waals surface area contributed by atoms with Gasteiger partial charge in [0.05, 0.1) is 12.7 Å². The summed E-state index contributed by atoms with van der Waals surface area (Å²) < 4.78 is 4.88. The lowest BCUT2D eigenvalue weighted by Crippen LogP contribution is -2.34. The van der Waals surface area contributed by atoms with E-state index in [4.69, 9.17) is 20.1 Å². The molecular weight excluding hydrogens is 136 g/mol. The molecule has 1 aliphatic rings. The van der Waals surface area contributed by atoms with Crippen LogP contribution < -0.4 is 0 Å². The zero-order chi connectivity index (χ0) is 7.72. The van der Waals surface area contributed by atoms with Crippen molar-refractivity contribution in [1.82, 2.24) is 0 Å². The van der Waals surface area contributed by atoms with Crippen molar-refractivity contribution in [2.24, 2.45) is 0 Å². The summed E-state index contributed by atoms with van der Waals surface area (Å²) in [4.78, 5) is 0. The van der Waals surface area contributed by atoms with Gasteiger partial charge in [-0.2, -0.15) is 0 Å². The molecule has 4 unspecified atom stereocenters. The SMILES string of the molecule is CC1OC1C(O)C(O)CO. The molecule has 4 atom stereocenters. The normalized spacial score (nSPS) is 37.2. The zero-order valence-electron chi connectivity index (χ0n) is 5.77. The fourth-order valence-electron chi connectivity index (χ4n) is 0.888. The van der Waals surface area contributed by atoms with E-state index >= 15 is 0 Å². The Balaban J connectivity index is 2.27. The van der Waals surface area contributed by atoms with Crippen LogP contribution in [0, 0.1) is 0 Å². The van der Waals surface area contributed by atoms with Gasteiger partial charge >= 0.3 is 0 Å². The van der Waals surface area contributed by atoms with E-state index in [1.54, 1.807) is 6.92 Å². The Kier molecular flexibility index (Phi) is 2.25. The van der Waals surface area contributed by atoms with Crippen molar-refractivity contribution < 1.29 is 20.1 Å². The molecule has 1 aliphatic heterocycles. The van der Waals surface area contributed by atoms with Gasteiger partial charge in [-0.25, -0.2) is 0 Å². The van der Waals surface area contributed by atoms with Crippen LogP contribution in [0.1, 0.15) is 6.92 Å². The number of aliphatic hydroxyl groups excluding tert-OH is 3. The quantitative estimate of drug-likeness (QED) is 0.425. The highest BCUT2D eigenvalue weighted by Gasteiger charge is 2.43. The Hall–Kier alpha value is -0.160. The van der Waals surface area contributed by atoms with E-state index in [-0.39, 0.29) is 12.2 Å². The standard InChI is InChI=1S/C6H12O4/c1-3-6(10-3)5(9)4(8)2-7/h3-9H,2H2,1H3. The van der Waals surface area contributed by atoms with Crippen LogP contribution in [0.5, 0.6) is 0 Å². The predicted molar refractivity (Wildman–Crippen MR) is 33.4 cm³/mol. The van der Waals surface area contributed by atoms with E-state index in [0.717, 1.165) is 0 Å². The molecule has 0 saturated carbocycles. The second kappa shape index (κ2) is 2.84. The van der Waals surface area contributed by atoms with E-state index in [2.05, 4.69) is 0 Å². The van der Waals surface area contributed by atoms with Gasteiger partial charge < -0.3 is 20.1 Å². The van der Waals surface area contributed by atoms with Gasteiger partial charge in [-0.3, -0.25) is 0 Å². The summed E-state index contributed by atoms with van der Waals surface area (Å²) in [6, 6.07) is 0. The molecule has 0 amide bonds. The third kappa shape index (κ3) is 1.46. The van der Waals surface area contributed by atoms with E-state index in [0.29, 0.717) is 0 Å². The van der Waals surface area contributed by atoms with Crippen LogP contribution in [0.3, 0.4) is 0 Å². The smallest absolute Gasteiger partial charge is 0.112 e. The molecule has 3 N–H and O–H groups in total. The monoisotopic (exact) mass is 148 g/mol. The maximum absolute atomic E-state index is 9.09. The van der Waals surface area contributed by atoms with Crippen molar-refractivity contribution in [2.75, 3.05) is 6.61 Å². The Labute approximate surface area is 59.1 Å². The fourth-order valence-corrected chi connectivity index (χ4v) is 0.888. The largest absolute Gasteiger partial charge is 0.394 e. The lowest BCUT2D eigenvalue weighted by atomic mass is 10.1. The molecule has 0 aliphatic carbocycles. The molecule has 1 saturated heterocycles. The highest BCUT2D eigenvalue weighted by Crippen LogP contribution is 2.25. The first-order valence-electron chi connectivity index (χ1n) is 3.29. The van der Waals surface area contributed by atoms with Crippen molar-refractivity contribution in [3.63, 3.8) is 0 Å². The number of hydrogen-bond donors (Lipinski definition) is 3. The summed E-state index contributed by atoms with van der Waals surface area (Å²) in [5.74, 6) is 0. The molecule has 0 aromatic rings.